The first kappa shape index (κ1) is 16.4. The van der Waals surface area contributed by atoms with Gasteiger partial charge in [-0.3, -0.25) is 4.79 Å². The van der Waals surface area contributed by atoms with Crippen molar-refractivity contribution in [3.8, 4) is 0 Å². The van der Waals surface area contributed by atoms with Gasteiger partial charge >= 0.3 is 5.97 Å². The van der Waals surface area contributed by atoms with Gasteiger partial charge in [0.15, 0.2) is 9.84 Å². The molecule has 1 aliphatic rings. The van der Waals surface area contributed by atoms with E-state index in [9.17, 15) is 18.0 Å². The molecule has 1 aromatic carbocycles. The molecular weight excluding hydrogens is 310 g/mol. The summed E-state index contributed by atoms with van der Waals surface area (Å²) >= 11 is 0. The van der Waals surface area contributed by atoms with E-state index in [0.29, 0.717) is 0 Å². The van der Waals surface area contributed by atoms with E-state index in [2.05, 4.69) is 0 Å². The summed E-state index contributed by atoms with van der Waals surface area (Å²) in [5.74, 6) is -2.61. The maximum absolute atomic E-state index is 12.1. The van der Waals surface area contributed by atoms with Crippen molar-refractivity contribution in [3.05, 3.63) is 35.9 Å². The van der Waals surface area contributed by atoms with Crippen LogP contribution in [-0.2, 0) is 30.8 Å². The number of carbonyl (C=O) groups excluding carboxylic acids is 1. The molecule has 120 valence electrons. The van der Waals surface area contributed by atoms with Gasteiger partial charge in [-0.15, -0.1) is 0 Å². The van der Waals surface area contributed by atoms with E-state index in [4.69, 9.17) is 9.84 Å². The average Bonchev–Trinajstić information content (AvgIpc) is 2.47. The Kier molecular flexibility index (Phi) is 5.15. The van der Waals surface area contributed by atoms with Crippen LogP contribution in [0.3, 0.4) is 0 Å². The van der Waals surface area contributed by atoms with Crippen molar-refractivity contribution >= 4 is 21.7 Å². The number of carboxylic acids is 1. The summed E-state index contributed by atoms with van der Waals surface area (Å²) in [5, 5.41) is 9.09. The van der Waals surface area contributed by atoms with Gasteiger partial charge in [-0.25, -0.2) is 13.2 Å². The molecule has 1 heterocycles. The van der Waals surface area contributed by atoms with Crippen LogP contribution in [0.2, 0.25) is 0 Å². The minimum absolute atomic E-state index is 0.118. The van der Waals surface area contributed by atoms with Crippen molar-refractivity contribution in [1.29, 1.82) is 0 Å². The molecular formula is C14H17NO6S. The Morgan fingerprint density at radius 2 is 1.95 bits per heavy atom. The van der Waals surface area contributed by atoms with Crippen molar-refractivity contribution in [3.63, 3.8) is 0 Å². The first-order valence-electron chi connectivity index (χ1n) is 6.73. The molecule has 0 radical (unpaired) electrons. The van der Waals surface area contributed by atoms with E-state index in [1.807, 2.05) is 30.3 Å². The van der Waals surface area contributed by atoms with Crippen LogP contribution in [0, 0.1) is 0 Å². The Morgan fingerprint density at radius 1 is 1.27 bits per heavy atom. The first-order valence-corrected chi connectivity index (χ1v) is 8.55. The average molecular weight is 327 g/mol. The summed E-state index contributed by atoms with van der Waals surface area (Å²) < 4.78 is 28.3. The Balaban J connectivity index is 1.92. The third-order valence-corrected chi connectivity index (χ3v) is 5.00. The van der Waals surface area contributed by atoms with E-state index < -0.39 is 33.5 Å². The van der Waals surface area contributed by atoms with E-state index in [1.165, 1.54) is 0 Å². The van der Waals surface area contributed by atoms with E-state index in [0.717, 1.165) is 10.5 Å². The predicted octanol–water partition coefficient (Wildman–Crippen LogP) is -0.0866. The fourth-order valence-electron chi connectivity index (χ4n) is 2.22. The summed E-state index contributed by atoms with van der Waals surface area (Å²) in [6, 6.07) is 7.90. The molecule has 7 nitrogen and oxygen atoms in total. The van der Waals surface area contributed by atoms with Gasteiger partial charge in [0.1, 0.15) is 12.6 Å². The van der Waals surface area contributed by atoms with Crippen LogP contribution in [0.1, 0.15) is 5.56 Å². The largest absolute Gasteiger partial charge is 0.480 e. The third kappa shape index (κ3) is 4.28. The quantitative estimate of drug-likeness (QED) is 0.811. The van der Waals surface area contributed by atoms with Crippen molar-refractivity contribution in [2.45, 2.75) is 12.6 Å². The van der Waals surface area contributed by atoms with Crippen LogP contribution in [0.4, 0.5) is 0 Å². The highest BCUT2D eigenvalue weighted by Gasteiger charge is 2.38. The number of carboxylic acid groups (broad SMARTS) is 1. The number of hydrogen-bond acceptors (Lipinski definition) is 5. The number of amides is 1. The number of benzene rings is 1. The smallest absolute Gasteiger partial charge is 0.327 e. The number of ether oxygens (including phenoxy) is 1. The molecule has 8 heteroatoms. The highest BCUT2D eigenvalue weighted by molar-refractivity contribution is 7.91. The predicted molar refractivity (Wildman–Crippen MR) is 77.9 cm³/mol. The molecule has 0 saturated carbocycles. The van der Waals surface area contributed by atoms with Gasteiger partial charge in [-0.05, 0) is 5.56 Å². The second-order valence-corrected chi connectivity index (χ2v) is 7.26. The van der Waals surface area contributed by atoms with Gasteiger partial charge in [-0.2, -0.15) is 0 Å². The van der Waals surface area contributed by atoms with Crippen molar-refractivity contribution < 1.29 is 27.9 Å². The number of carbonyl (C=O) groups is 2. The van der Waals surface area contributed by atoms with Crippen molar-refractivity contribution in [2.24, 2.45) is 0 Å². The van der Waals surface area contributed by atoms with Crippen molar-refractivity contribution in [1.82, 2.24) is 4.90 Å². The van der Waals surface area contributed by atoms with Crippen LogP contribution in [0.15, 0.2) is 30.3 Å². The number of nitrogens with zero attached hydrogens (tertiary/aromatic N) is 1. The standard InChI is InChI=1S/C14H17NO6S/c16-13(9-21-8-11-4-2-1-3-5-11)15-6-7-22(19,20)10-12(15)14(17)18/h1-5,12H,6-10H2,(H,17,18). The minimum Gasteiger partial charge on any atom is -0.480 e. The first-order chi connectivity index (χ1) is 10.4. The zero-order valence-corrected chi connectivity index (χ0v) is 12.7. The Labute approximate surface area is 128 Å². The molecule has 0 bridgehead atoms. The lowest BCUT2D eigenvalue weighted by Crippen LogP contribution is -2.55. The van der Waals surface area contributed by atoms with Gasteiger partial charge in [0.05, 0.1) is 18.1 Å². The lowest BCUT2D eigenvalue weighted by molar-refractivity contribution is -0.151. The Bertz CT molecular complexity index is 643. The molecule has 2 rings (SSSR count). The molecule has 1 fully saturated rings. The van der Waals surface area contributed by atoms with Gasteiger partial charge in [0, 0.05) is 6.54 Å². The van der Waals surface area contributed by atoms with E-state index in [-0.39, 0.29) is 25.5 Å². The summed E-state index contributed by atoms with van der Waals surface area (Å²) in [6.07, 6.45) is 0. The second kappa shape index (κ2) is 6.89. The molecule has 22 heavy (non-hydrogen) atoms. The lowest BCUT2D eigenvalue weighted by atomic mass is 10.2. The van der Waals surface area contributed by atoms with E-state index in [1.54, 1.807) is 0 Å². The lowest BCUT2D eigenvalue weighted by Gasteiger charge is -2.32. The molecule has 0 aliphatic carbocycles. The molecule has 1 aromatic rings. The molecule has 0 aromatic heterocycles. The highest BCUT2D eigenvalue weighted by Crippen LogP contribution is 2.13. The van der Waals surface area contributed by atoms with Crippen molar-refractivity contribution in [2.75, 3.05) is 24.7 Å². The summed E-state index contributed by atoms with van der Waals surface area (Å²) in [4.78, 5) is 24.3. The summed E-state index contributed by atoms with van der Waals surface area (Å²) in [5.41, 5.74) is 0.895. The fraction of sp³-hybridized carbons (Fsp3) is 0.429. The Hall–Kier alpha value is -1.93. The fourth-order valence-corrected chi connectivity index (χ4v) is 3.67. The monoisotopic (exact) mass is 327 g/mol. The number of hydrogen-bond donors (Lipinski definition) is 1. The molecule has 1 N–H and O–H groups in total. The van der Waals surface area contributed by atoms with Crippen LogP contribution in [-0.4, -0.2) is 61.0 Å². The molecule has 1 saturated heterocycles. The van der Waals surface area contributed by atoms with Gasteiger partial charge in [0.2, 0.25) is 5.91 Å². The van der Waals surface area contributed by atoms with E-state index >= 15 is 0 Å². The maximum atomic E-state index is 12.1. The zero-order valence-electron chi connectivity index (χ0n) is 11.8. The van der Waals surface area contributed by atoms with Gasteiger partial charge in [0.25, 0.3) is 0 Å². The topological polar surface area (TPSA) is 101 Å². The summed E-state index contributed by atoms with van der Waals surface area (Å²) in [7, 11) is -3.42. The van der Waals surface area contributed by atoms with Crippen LogP contribution < -0.4 is 0 Å². The molecule has 1 aliphatic heterocycles. The number of rotatable bonds is 5. The van der Waals surface area contributed by atoms with Crippen LogP contribution in [0.25, 0.3) is 0 Å². The zero-order chi connectivity index (χ0) is 16.2. The number of aliphatic carboxylic acids is 1. The normalized spacial score (nSPS) is 20.5. The molecule has 0 spiro atoms. The Morgan fingerprint density at radius 3 is 2.59 bits per heavy atom. The van der Waals surface area contributed by atoms with Crippen LogP contribution >= 0.6 is 0 Å². The molecule has 1 atom stereocenters. The van der Waals surface area contributed by atoms with Gasteiger partial charge in [-0.1, -0.05) is 30.3 Å². The third-order valence-electron chi connectivity index (χ3n) is 3.37. The summed E-state index contributed by atoms with van der Waals surface area (Å²) in [6.45, 7) is -0.165. The maximum Gasteiger partial charge on any atom is 0.327 e. The minimum atomic E-state index is -3.42. The molecule has 1 amide bonds. The highest BCUT2D eigenvalue weighted by atomic mass is 32.2. The van der Waals surface area contributed by atoms with Gasteiger partial charge < -0.3 is 14.7 Å². The SMILES string of the molecule is O=C(O)C1CS(=O)(=O)CCN1C(=O)COCc1ccccc1. The molecule has 1 unspecified atom stereocenters. The second-order valence-electron chi connectivity index (χ2n) is 5.03. The van der Waals surface area contributed by atoms with Crippen LogP contribution in [0.5, 0.6) is 0 Å². The number of sulfone groups is 1.